The summed E-state index contributed by atoms with van der Waals surface area (Å²) in [4.78, 5) is 32.5. The summed E-state index contributed by atoms with van der Waals surface area (Å²) in [6.45, 7) is 0.507. The van der Waals surface area contributed by atoms with Gasteiger partial charge in [-0.2, -0.15) is 0 Å². The fourth-order valence-corrected chi connectivity index (χ4v) is 2.48. The molecule has 1 fully saturated rings. The highest BCUT2D eigenvalue weighted by Gasteiger charge is 2.33. The van der Waals surface area contributed by atoms with Crippen LogP contribution in [-0.2, 0) is 4.79 Å². The number of hydrogen-bond donors (Lipinski definition) is 1. The third-order valence-electron chi connectivity index (χ3n) is 3.56. The van der Waals surface area contributed by atoms with E-state index < -0.39 is 18.2 Å². The van der Waals surface area contributed by atoms with E-state index in [1.807, 2.05) is 0 Å². The summed E-state index contributed by atoms with van der Waals surface area (Å²) in [7, 11) is 1.61. The first-order valence-corrected chi connectivity index (χ1v) is 6.59. The van der Waals surface area contributed by atoms with Crippen LogP contribution in [0.5, 0.6) is 0 Å². The topological polar surface area (TPSA) is 86.6 Å². The largest absolute Gasteiger partial charge is 0.480 e. The molecule has 2 rings (SSSR count). The summed E-state index contributed by atoms with van der Waals surface area (Å²) < 4.78 is 14.2. The third kappa shape index (κ3) is 3.72. The Morgan fingerprint density at radius 1 is 1.57 bits per heavy atom. The van der Waals surface area contributed by atoms with Crippen LogP contribution in [0.1, 0.15) is 16.9 Å². The normalized spacial score (nSPS) is 22.3. The van der Waals surface area contributed by atoms with Crippen molar-refractivity contribution in [1.82, 2.24) is 14.9 Å². The van der Waals surface area contributed by atoms with Crippen molar-refractivity contribution < 1.29 is 19.1 Å². The van der Waals surface area contributed by atoms with Crippen LogP contribution < -0.4 is 4.90 Å². The van der Waals surface area contributed by atoms with Crippen molar-refractivity contribution in [3.05, 3.63) is 18.1 Å². The highest BCUT2D eigenvalue weighted by atomic mass is 19.1. The van der Waals surface area contributed by atoms with Gasteiger partial charge in [-0.05, 0) is 13.5 Å². The van der Waals surface area contributed by atoms with Gasteiger partial charge in [0.1, 0.15) is 17.7 Å². The number of nitrogens with zero attached hydrogens (tertiary/aromatic N) is 4. The van der Waals surface area contributed by atoms with Gasteiger partial charge in [-0.3, -0.25) is 14.5 Å². The lowest BCUT2D eigenvalue weighted by atomic mass is 10.0. The molecule has 0 radical (unpaired) electrons. The number of piperidine rings is 1. The van der Waals surface area contributed by atoms with E-state index in [4.69, 9.17) is 5.11 Å². The zero-order chi connectivity index (χ0) is 15.4. The van der Waals surface area contributed by atoms with Crippen LogP contribution in [0.3, 0.4) is 0 Å². The minimum atomic E-state index is -1.17. The van der Waals surface area contributed by atoms with Gasteiger partial charge in [-0.25, -0.2) is 14.4 Å². The number of anilines is 1. The van der Waals surface area contributed by atoms with Crippen molar-refractivity contribution >= 4 is 18.1 Å². The fourth-order valence-electron chi connectivity index (χ4n) is 2.48. The van der Waals surface area contributed by atoms with Gasteiger partial charge < -0.3 is 10.0 Å². The average Bonchev–Trinajstić information content (AvgIpc) is 2.46. The molecule has 2 atom stereocenters. The molecule has 1 aromatic heterocycles. The smallest absolute Gasteiger partial charge is 0.317 e. The minimum absolute atomic E-state index is 0.129. The number of carbonyl (C=O) groups excluding carboxylic acids is 1. The summed E-state index contributed by atoms with van der Waals surface area (Å²) >= 11 is 0. The van der Waals surface area contributed by atoms with E-state index in [1.165, 1.54) is 17.3 Å². The standard InChI is InChI=1S/C13H17FN4O3/c1-17(7-13(20)21)11-2-3-18(6-10(11)14)12-5-15-9(8-19)4-16-12/h4-5,8,10-11H,2-3,6-7H2,1H3,(H,20,21)/t10-,11+/m0/s1. The van der Waals surface area contributed by atoms with Gasteiger partial charge in [-0.15, -0.1) is 0 Å². The maximum Gasteiger partial charge on any atom is 0.317 e. The predicted molar refractivity (Wildman–Crippen MR) is 73.2 cm³/mol. The number of aromatic nitrogens is 2. The number of carboxylic acid groups (broad SMARTS) is 1. The monoisotopic (exact) mass is 296 g/mol. The Hall–Kier alpha value is -2.09. The van der Waals surface area contributed by atoms with Gasteiger partial charge in [0.15, 0.2) is 6.29 Å². The van der Waals surface area contributed by atoms with Crippen LogP contribution in [0.15, 0.2) is 12.4 Å². The van der Waals surface area contributed by atoms with E-state index in [9.17, 15) is 14.0 Å². The Balaban J connectivity index is 1.99. The van der Waals surface area contributed by atoms with Crippen molar-refractivity contribution in [1.29, 1.82) is 0 Å². The molecule has 2 heterocycles. The second kappa shape index (κ2) is 6.57. The summed E-state index contributed by atoms with van der Waals surface area (Å²) in [5.41, 5.74) is 0.228. The van der Waals surface area contributed by atoms with E-state index in [0.717, 1.165) is 0 Å². The Bertz CT molecular complexity index is 511. The number of carboxylic acids is 1. The summed E-state index contributed by atoms with van der Waals surface area (Å²) in [5, 5.41) is 8.76. The highest BCUT2D eigenvalue weighted by Crippen LogP contribution is 2.22. The molecule has 0 bridgehead atoms. The van der Waals surface area contributed by atoms with Gasteiger partial charge in [0.2, 0.25) is 0 Å². The number of likely N-dealkylation sites (N-methyl/N-ethyl adjacent to an activating group) is 1. The number of alkyl halides is 1. The van der Waals surface area contributed by atoms with E-state index in [2.05, 4.69) is 9.97 Å². The van der Waals surface area contributed by atoms with Crippen molar-refractivity contribution in [2.75, 3.05) is 31.6 Å². The second-order valence-corrected chi connectivity index (χ2v) is 5.04. The molecule has 0 saturated carbocycles. The Morgan fingerprint density at radius 2 is 2.33 bits per heavy atom. The summed E-state index contributed by atoms with van der Waals surface area (Å²) in [6.07, 6.45) is 2.72. The first-order chi connectivity index (χ1) is 10.0. The molecule has 1 aliphatic heterocycles. The minimum Gasteiger partial charge on any atom is -0.480 e. The molecule has 114 valence electrons. The number of rotatable bonds is 5. The molecule has 21 heavy (non-hydrogen) atoms. The number of hydrogen-bond acceptors (Lipinski definition) is 6. The molecule has 0 unspecified atom stereocenters. The molecule has 1 aromatic rings. The zero-order valence-corrected chi connectivity index (χ0v) is 11.6. The van der Waals surface area contributed by atoms with Crippen molar-refractivity contribution in [2.45, 2.75) is 18.6 Å². The van der Waals surface area contributed by atoms with Crippen LogP contribution in [-0.4, -0.2) is 71.1 Å². The number of carbonyl (C=O) groups is 2. The average molecular weight is 296 g/mol. The summed E-state index contributed by atoms with van der Waals surface area (Å²) in [5.74, 6) is -0.454. The lowest BCUT2D eigenvalue weighted by molar-refractivity contribution is -0.138. The lowest BCUT2D eigenvalue weighted by Gasteiger charge is -2.39. The molecule has 0 amide bonds. The molecular weight excluding hydrogens is 279 g/mol. The van der Waals surface area contributed by atoms with E-state index >= 15 is 0 Å². The Kier molecular flexibility index (Phi) is 4.79. The van der Waals surface area contributed by atoms with Crippen LogP contribution >= 0.6 is 0 Å². The summed E-state index contributed by atoms with van der Waals surface area (Å²) in [6, 6.07) is -0.417. The van der Waals surface area contributed by atoms with Gasteiger partial charge in [0.05, 0.1) is 25.5 Å². The molecule has 0 aromatic carbocycles. The molecule has 0 aliphatic carbocycles. The molecular formula is C13H17FN4O3. The first-order valence-electron chi connectivity index (χ1n) is 6.59. The Morgan fingerprint density at radius 3 is 2.86 bits per heavy atom. The third-order valence-corrected chi connectivity index (χ3v) is 3.56. The van der Waals surface area contributed by atoms with Crippen LogP contribution in [0.2, 0.25) is 0 Å². The van der Waals surface area contributed by atoms with E-state index in [1.54, 1.807) is 11.9 Å². The van der Waals surface area contributed by atoms with E-state index in [0.29, 0.717) is 25.1 Å². The molecule has 1 N–H and O–H groups in total. The maximum absolute atomic E-state index is 14.2. The number of aliphatic carboxylic acids is 1. The number of halogens is 1. The molecule has 1 aliphatic rings. The zero-order valence-electron chi connectivity index (χ0n) is 11.6. The van der Waals surface area contributed by atoms with Crippen LogP contribution in [0, 0.1) is 0 Å². The van der Waals surface area contributed by atoms with Gasteiger partial charge >= 0.3 is 5.97 Å². The fraction of sp³-hybridized carbons (Fsp3) is 0.538. The lowest BCUT2D eigenvalue weighted by Crippen LogP contribution is -2.52. The highest BCUT2D eigenvalue weighted by molar-refractivity contribution is 5.71. The predicted octanol–water partition coefficient (Wildman–Crippen LogP) is 0.222. The van der Waals surface area contributed by atoms with Crippen LogP contribution in [0.25, 0.3) is 0 Å². The number of aldehydes is 1. The van der Waals surface area contributed by atoms with Crippen molar-refractivity contribution in [3.8, 4) is 0 Å². The van der Waals surface area contributed by atoms with Crippen LogP contribution in [0.4, 0.5) is 10.2 Å². The maximum atomic E-state index is 14.2. The SMILES string of the molecule is CN(CC(=O)O)[C@@H]1CCN(c2cnc(C=O)cn2)C[C@@H]1F. The van der Waals surface area contributed by atoms with Gasteiger partial charge in [0, 0.05) is 12.6 Å². The molecule has 0 spiro atoms. The Labute approximate surface area is 121 Å². The van der Waals surface area contributed by atoms with Gasteiger partial charge in [0.25, 0.3) is 0 Å². The van der Waals surface area contributed by atoms with Gasteiger partial charge in [-0.1, -0.05) is 0 Å². The quantitative estimate of drug-likeness (QED) is 0.778. The molecule has 8 heteroatoms. The van der Waals surface area contributed by atoms with E-state index in [-0.39, 0.29) is 18.8 Å². The van der Waals surface area contributed by atoms with Crippen molar-refractivity contribution in [2.24, 2.45) is 0 Å². The van der Waals surface area contributed by atoms with Crippen molar-refractivity contribution in [3.63, 3.8) is 0 Å². The molecule has 7 nitrogen and oxygen atoms in total. The second-order valence-electron chi connectivity index (χ2n) is 5.04. The molecule has 1 saturated heterocycles. The first kappa shape index (κ1) is 15.3.